The smallest absolute Gasteiger partial charge is 0.251 e. The molecule has 1 amide bonds. The summed E-state index contributed by atoms with van der Waals surface area (Å²) in [5, 5.41) is 7.87. The van der Waals surface area contributed by atoms with E-state index in [4.69, 9.17) is 21.1 Å². The Labute approximate surface area is 181 Å². The van der Waals surface area contributed by atoms with Gasteiger partial charge in [-0.2, -0.15) is 5.10 Å². The van der Waals surface area contributed by atoms with Gasteiger partial charge < -0.3 is 14.8 Å². The Bertz CT molecular complexity index is 1050. The van der Waals surface area contributed by atoms with Crippen molar-refractivity contribution >= 4 is 17.5 Å². The molecular formula is C23H26ClN3O3. The number of nitrogens with zero attached hydrogens (tertiary/aromatic N) is 2. The fraction of sp³-hybridized carbons (Fsp3) is 0.304. The van der Waals surface area contributed by atoms with Crippen molar-refractivity contribution in [1.82, 2.24) is 15.1 Å². The van der Waals surface area contributed by atoms with Crippen LogP contribution in [0.1, 0.15) is 39.8 Å². The van der Waals surface area contributed by atoms with E-state index in [0.29, 0.717) is 41.8 Å². The number of carbonyl (C=O) groups excluding carboxylic acids is 1. The lowest BCUT2D eigenvalue weighted by molar-refractivity contribution is 0.0950. The van der Waals surface area contributed by atoms with Crippen LogP contribution in [0.3, 0.4) is 0 Å². The minimum atomic E-state index is -0.158. The summed E-state index contributed by atoms with van der Waals surface area (Å²) in [5.74, 6) is 0.892. The molecule has 0 aliphatic heterocycles. The highest BCUT2D eigenvalue weighted by Crippen LogP contribution is 2.36. The lowest BCUT2D eigenvalue weighted by Gasteiger charge is -2.14. The molecule has 2 aromatic carbocycles. The van der Waals surface area contributed by atoms with Gasteiger partial charge in [-0.25, -0.2) is 0 Å². The van der Waals surface area contributed by atoms with Crippen LogP contribution in [0.2, 0.25) is 5.02 Å². The van der Waals surface area contributed by atoms with E-state index in [1.54, 1.807) is 19.2 Å². The molecule has 0 aliphatic carbocycles. The van der Waals surface area contributed by atoms with Gasteiger partial charge in [0.05, 0.1) is 31.0 Å². The highest BCUT2D eigenvalue weighted by Gasteiger charge is 2.13. The molecule has 7 heteroatoms. The van der Waals surface area contributed by atoms with Gasteiger partial charge in [0.2, 0.25) is 0 Å². The van der Waals surface area contributed by atoms with Crippen LogP contribution >= 0.6 is 11.6 Å². The normalized spacial score (nSPS) is 10.7. The van der Waals surface area contributed by atoms with Crippen molar-refractivity contribution in [2.75, 3.05) is 13.7 Å². The van der Waals surface area contributed by atoms with Gasteiger partial charge in [-0.1, -0.05) is 23.7 Å². The average molecular weight is 428 g/mol. The molecule has 0 bridgehead atoms. The molecule has 158 valence electrons. The van der Waals surface area contributed by atoms with Gasteiger partial charge in [0.1, 0.15) is 0 Å². The maximum atomic E-state index is 12.7. The summed E-state index contributed by atoms with van der Waals surface area (Å²) in [5.41, 5.74) is 4.50. The molecule has 0 radical (unpaired) electrons. The lowest BCUT2D eigenvalue weighted by Crippen LogP contribution is -2.23. The maximum absolute atomic E-state index is 12.7. The van der Waals surface area contributed by atoms with Crippen LogP contribution in [0, 0.1) is 13.8 Å². The molecule has 6 nitrogen and oxygen atoms in total. The van der Waals surface area contributed by atoms with E-state index in [9.17, 15) is 4.79 Å². The molecule has 1 aromatic heterocycles. The van der Waals surface area contributed by atoms with Gasteiger partial charge in [0, 0.05) is 17.8 Å². The van der Waals surface area contributed by atoms with E-state index in [2.05, 4.69) is 10.4 Å². The molecule has 3 rings (SSSR count). The van der Waals surface area contributed by atoms with Crippen molar-refractivity contribution in [3.63, 3.8) is 0 Å². The number of methoxy groups -OCH3 is 1. The third kappa shape index (κ3) is 5.13. The number of aromatic nitrogens is 2. The summed E-state index contributed by atoms with van der Waals surface area (Å²) in [6.45, 7) is 7.30. The number of hydrogen-bond acceptors (Lipinski definition) is 4. The first-order valence-electron chi connectivity index (χ1n) is 9.78. The predicted octanol–water partition coefficient (Wildman–Crippen LogP) is 4.54. The summed E-state index contributed by atoms with van der Waals surface area (Å²) >= 11 is 6.31. The molecule has 0 saturated heterocycles. The van der Waals surface area contributed by atoms with Crippen LogP contribution < -0.4 is 14.8 Å². The zero-order valence-electron chi connectivity index (χ0n) is 17.7. The van der Waals surface area contributed by atoms with Gasteiger partial charge in [-0.05, 0) is 62.2 Å². The Morgan fingerprint density at radius 2 is 1.97 bits per heavy atom. The van der Waals surface area contributed by atoms with Crippen molar-refractivity contribution in [3.8, 4) is 11.5 Å². The second-order valence-electron chi connectivity index (χ2n) is 7.01. The summed E-state index contributed by atoms with van der Waals surface area (Å²) in [4.78, 5) is 12.7. The molecule has 0 atom stereocenters. The van der Waals surface area contributed by atoms with E-state index in [1.807, 2.05) is 55.8 Å². The summed E-state index contributed by atoms with van der Waals surface area (Å²) in [7, 11) is 1.56. The first-order valence-corrected chi connectivity index (χ1v) is 10.2. The average Bonchev–Trinajstić information content (AvgIpc) is 3.04. The number of ether oxygens (including phenoxy) is 2. The van der Waals surface area contributed by atoms with Crippen molar-refractivity contribution < 1.29 is 14.3 Å². The van der Waals surface area contributed by atoms with Gasteiger partial charge >= 0.3 is 0 Å². The molecule has 1 N–H and O–H groups in total. The number of hydrogen-bond donors (Lipinski definition) is 1. The molecule has 0 aliphatic rings. The molecule has 0 fully saturated rings. The number of carbonyl (C=O) groups is 1. The number of benzene rings is 2. The zero-order chi connectivity index (χ0) is 21.7. The Hall–Kier alpha value is -2.99. The highest BCUT2D eigenvalue weighted by atomic mass is 35.5. The second-order valence-corrected chi connectivity index (χ2v) is 7.42. The van der Waals surface area contributed by atoms with E-state index in [1.165, 1.54) is 0 Å². The largest absolute Gasteiger partial charge is 0.493 e. The van der Waals surface area contributed by atoms with Gasteiger partial charge in [-0.3, -0.25) is 9.48 Å². The predicted molar refractivity (Wildman–Crippen MR) is 118 cm³/mol. The van der Waals surface area contributed by atoms with Crippen molar-refractivity contribution in [2.24, 2.45) is 0 Å². The number of amides is 1. The Balaban J connectivity index is 1.69. The summed E-state index contributed by atoms with van der Waals surface area (Å²) < 4.78 is 12.8. The highest BCUT2D eigenvalue weighted by molar-refractivity contribution is 6.32. The standard InChI is InChI=1S/C23H26ClN3O3/c1-5-30-22-20(24)11-18(12-21(22)29-4)13-25-23(28)19-8-6-7-17(10-19)14-27-16(3)9-15(2)26-27/h6-12H,5,13-14H2,1-4H3,(H,25,28). The van der Waals surface area contributed by atoms with Crippen molar-refractivity contribution in [3.05, 3.63) is 75.6 Å². The molecular weight excluding hydrogens is 402 g/mol. The second kappa shape index (κ2) is 9.67. The summed E-state index contributed by atoms with van der Waals surface area (Å²) in [6.07, 6.45) is 0. The minimum absolute atomic E-state index is 0.158. The van der Waals surface area contributed by atoms with Gasteiger partial charge in [-0.15, -0.1) is 0 Å². The van der Waals surface area contributed by atoms with Gasteiger partial charge in [0.25, 0.3) is 5.91 Å². The minimum Gasteiger partial charge on any atom is -0.493 e. The topological polar surface area (TPSA) is 65.4 Å². The van der Waals surface area contributed by atoms with Crippen molar-refractivity contribution in [2.45, 2.75) is 33.9 Å². The molecule has 0 saturated carbocycles. The SMILES string of the molecule is CCOc1c(Cl)cc(CNC(=O)c2cccc(Cn3nc(C)cc3C)c2)cc1OC. The Morgan fingerprint density at radius 1 is 1.17 bits per heavy atom. The van der Waals surface area contributed by atoms with Crippen LogP contribution in [0.25, 0.3) is 0 Å². The number of nitrogens with one attached hydrogen (secondary N) is 1. The Morgan fingerprint density at radius 3 is 2.63 bits per heavy atom. The van der Waals surface area contributed by atoms with E-state index in [-0.39, 0.29) is 5.91 Å². The van der Waals surface area contributed by atoms with E-state index < -0.39 is 0 Å². The lowest BCUT2D eigenvalue weighted by atomic mass is 10.1. The number of halogens is 1. The van der Waals surface area contributed by atoms with E-state index in [0.717, 1.165) is 22.5 Å². The summed E-state index contributed by atoms with van der Waals surface area (Å²) in [6, 6.07) is 13.2. The van der Waals surface area contributed by atoms with Crippen LogP contribution in [0.15, 0.2) is 42.5 Å². The molecule has 3 aromatic rings. The van der Waals surface area contributed by atoms with Gasteiger partial charge in [0.15, 0.2) is 11.5 Å². The maximum Gasteiger partial charge on any atom is 0.251 e. The fourth-order valence-electron chi connectivity index (χ4n) is 3.26. The third-order valence-electron chi connectivity index (χ3n) is 4.66. The number of aryl methyl sites for hydroxylation is 2. The third-order valence-corrected chi connectivity index (χ3v) is 4.94. The molecule has 0 unspecified atom stereocenters. The zero-order valence-corrected chi connectivity index (χ0v) is 18.4. The molecule has 0 spiro atoms. The van der Waals surface area contributed by atoms with Crippen LogP contribution in [0.5, 0.6) is 11.5 Å². The molecule has 30 heavy (non-hydrogen) atoms. The Kier molecular flexibility index (Phi) is 7.00. The molecule has 1 heterocycles. The first-order chi connectivity index (χ1) is 14.4. The fourth-order valence-corrected chi connectivity index (χ4v) is 3.55. The van der Waals surface area contributed by atoms with Crippen molar-refractivity contribution in [1.29, 1.82) is 0 Å². The van der Waals surface area contributed by atoms with Crippen LogP contribution in [0.4, 0.5) is 0 Å². The first kappa shape index (κ1) is 21.7. The van der Waals surface area contributed by atoms with Crippen LogP contribution in [-0.4, -0.2) is 29.4 Å². The number of rotatable bonds is 8. The quantitative estimate of drug-likeness (QED) is 0.573. The monoisotopic (exact) mass is 427 g/mol. The van der Waals surface area contributed by atoms with E-state index >= 15 is 0 Å². The van der Waals surface area contributed by atoms with Crippen LogP contribution in [-0.2, 0) is 13.1 Å².